The highest BCUT2D eigenvalue weighted by atomic mass is 16.5. The second-order valence-corrected chi connectivity index (χ2v) is 6.76. The first kappa shape index (κ1) is 19.3. The van der Waals surface area contributed by atoms with Gasteiger partial charge in [-0.1, -0.05) is 11.6 Å². The quantitative estimate of drug-likeness (QED) is 0.304. The minimum Gasteiger partial charge on any atom is -0.382 e. The Balaban J connectivity index is 1.75. The van der Waals surface area contributed by atoms with Crippen LogP contribution in [0, 0.1) is 5.92 Å². The minimum absolute atomic E-state index is 0.603. The number of aliphatic imine (C=N–C) groups is 1. The number of hydrogen-bond donors (Lipinski definition) is 1. The molecule has 138 valence electrons. The van der Waals surface area contributed by atoms with Crippen LogP contribution in [-0.2, 0) is 9.47 Å². The van der Waals surface area contributed by atoms with Gasteiger partial charge < -0.3 is 19.7 Å². The maximum atomic E-state index is 5.69. The van der Waals surface area contributed by atoms with Gasteiger partial charge in [-0.3, -0.25) is 4.99 Å². The van der Waals surface area contributed by atoms with Gasteiger partial charge in [-0.05, 0) is 45.4 Å². The van der Waals surface area contributed by atoms with E-state index in [0.717, 1.165) is 45.2 Å². The van der Waals surface area contributed by atoms with Crippen LogP contribution in [0.2, 0.25) is 0 Å². The molecule has 0 saturated carbocycles. The Bertz CT molecular complexity index is 409. The summed E-state index contributed by atoms with van der Waals surface area (Å²) < 4.78 is 10.7. The molecule has 1 heterocycles. The predicted molar refractivity (Wildman–Crippen MR) is 99.5 cm³/mol. The zero-order valence-corrected chi connectivity index (χ0v) is 15.6. The van der Waals surface area contributed by atoms with E-state index in [1.807, 2.05) is 0 Å². The summed E-state index contributed by atoms with van der Waals surface area (Å²) in [7, 11) is 1.71. The monoisotopic (exact) mass is 337 g/mol. The van der Waals surface area contributed by atoms with Crippen LogP contribution in [0.25, 0.3) is 0 Å². The van der Waals surface area contributed by atoms with Crippen LogP contribution < -0.4 is 5.32 Å². The summed E-state index contributed by atoms with van der Waals surface area (Å²) in [6.45, 7) is 8.28. The van der Waals surface area contributed by atoms with E-state index < -0.39 is 0 Å². The van der Waals surface area contributed by atoms with Crippen molar-refractivity contribution in [1.29, 1.82) is 0 Å². The lowest BCUT2D eigenvalue weighted by atomic mass is 9.97. The molecule has 5 nitrogen and oxygen atoms in total. The third kappa shape index (κ3) is 6.81. The molecule has 0 radical (unpaired) electrons. The van der Waals surface area contributed by atoms with Gasteiger partial charge in [0.05, 0.1) is 19.8 Å². The summed E-state index contributed by atoms with van der Waals surface area (Å²) in [5.74, 6) is 1.68. The van der Waals surface area contributed by atoms with E-state index in [0.29, 0.717) is 19.1 Å². The van der Waals surface area contributed by atoms with E-state index in [4.69, 9.17) is 14.5 Å². The molecule has 1 atom stereocenters. The number of guanidine groups is 1. The Morgan fingerprint density at radius 3 is 3.04 bits per heavy atom. The van der Waals surface area contributed by atoms with Gasteiger partial charge in [0.2, 0.25) is 0 Å². The molecule has 0 bridgehead atoms. The highest BCUT2D eigenvalue weighted by Gasteiger charge is 2.24. The van der Waals surface area contributed by atoms with Crippen molar-refractivity contribution < 1.29 is 9.47 Å². The lowest BCUT2D eigenvalue weighted by Crippen LogP contribution is -2.40. The third-order valence-electron chi connectivity index (χ3n) is 4.79. The lowest BCUT2D eigenvalue weighted by molar-refractivity contribution is 0.0536. The van der Waals surface area contributed by atoms with Crippen LogP contribution in [0.1, 0.15) is 45.4 Å². The average Bonchev–Trinajstić information content (AvgIpc) is 3.08. The van der Waals surface area contributed by atoms with Crippen LogP contribution in [0.5, 0.6) is 0 Å². The van der Waals surface area contributed by atoms with Gasteiger partial charge in [-0.2, -0.15) is 0 Å². The van der Waals surface area contributed by atoms with E-state index in [-0.39, 0.29) is 0 Å². The van der Waals surface area contributed by atoms with Gasteiger partial charge in [0.25, 0.3) is 0 Å². The molecule has 1 N–H and O–H groups in total. The van der Waals surface area contributed by atoms with Gasteiger partial charge in [0.1, 0.15) is 0 Å². The molecule has 0 aromatic rings. The number of nitrogens with one attached hydrogen (secondary N) is 1. The Morgan fingerprint density at radius 1 is 1.38 bits per heavy atom. The molecular formula is C19H35N3O2. The van der Waals surface area contributed by atoms with E-state index in [1.165, 1.54) is 32.1 Å². The average molecular weight is 338 g/mol. The molecule has 2 aliphatic rings. The smallest absolute Gasteiger partial charge is 0.193 e. The molecule has 5 heteroatoms. The van der Waals surface area contributed by atoms with Crippen LogP contribution in [-0.4, -0.2) is 64.0 Å². The lowest BCUT2D eigenvalue weighted by Gasteiger charge is -2.22. The molecule has 2 rings (SSSR count). The van der Waals surface area contributed by atoms with Gasteiger partial charge in [-0.15, -0.1) is 0 Å². The predicted octanol–water partition coefficient (Wildman–Crippen LogP) is 2.83. The zero-order valence-electron chi connectivity index (χ0n) is 15.6. The SMILES string of the molecule is CCNC(=NCCC1=CCCCC1)N1CCC(COCCOC)C1. The third-order valence-corrected chi connectivity index (χ3v) is 4.79. The second kappa shape index (κ2) is 11.5. The molecule has 0 spiro atoms. The highest BCUT2D eigenvalue weighted by Crippen LogP contribution is 2.20. The summed E-state index contributed by atoms with van der Waals surface area (Å²) >= 11 is 0. The first-order valence-corrected chi connectivity index (χ1v) is 9.61. The zero-order chi connectivity index (χ0) is 17.0. The Kier molecular flexibility index (Phi) is 9.21. The highest BCUT2D eigenvalue weighted by molar-refractivity contribution is 5.80. The van der Waals surface area contributed by atoms with Crippen LogP contribution in [0.15, 0.2) is 16.6 Å². The van der Waals surface area contributed by atoms with Crippen molar-refractivity contribution in [3.8, 4) is 0 Å². The number of allylic oxidation sites excluding steroid dienone is 1. The number of likely N-dealkylation sites (tertiary alicyclic amines) is 1. The fourth-order valence-electron chi connectivity index (χ4n) is 3.42. The molecule has 1 aliphatic heterocycles. The summed E-state index contributed by atoms with van der Waals surface area (Å²) in [5, 5.41) is 3.45. The van der Waals surface area contributed by atoms with Crippen molar-refractivity contribution in [2.75, 3.05) is 53.1 Å². The normalized spacial score (nSPS) is 21.9. The van der Waals surface area contributed by atoms with Crippen LogP contribution in [0.4, 0.5) is 0 Å². The number of hydrogen-bond acceptors (Lipinski definition) is 3. The number of ether oxygens (including phenoxy) is 2. The van der Waals surface area contributed by atoms with Gasteiger partial charge in [-0.25, -0.2) is 0 Å². The molecule has 1 saturated heterocycles. The standard InChI is InChI=1S/C19H35N3O2/c1-3-20-19(21-11-9-17-7-5-4-6-8-17)22-12-10-18(15-22)16-24-14-13-23-2/h7,18H,3-6,8-16H2,1-2H3,(H,20,21). The fraction of sp³-hybridized carbons (Fsp3) is 0.842. The molecule has 1 fully saturated rings. The Labute approximate surface area is 147 Å². The molecule has 0 aromatic heterocycles. The molecule has 0 amide bonds. The molecule has 1 unspecified atom stereocenters. The summed E-state index contributed by atoms with van der Waals surface area (Å²) in [6.07, 6.45) is 9.97. The topological polar surface area (TPSA) is 46.1 Å². The van der Waals surface area contributed by atoms with Crippen LogP contribution >= 0.6 is 0 Å². The minimum atomic E-state index is 0.603. The van der Waals surface area contributed by atoms with Crippen molar-refractivity contribution in [2.45, 2.75) is 45.4 Å². The van der Waals surface area contributed by atoms with E-state index in [9.17, 15) is 0 Å². The fourth-order valence-corrected chi connectivity index (χ4v) is 3.42. The Morgan fingerprint density at radius 2 is 2.29 bits per heavy atom. The van der Waals surface area contributed by atoms with E-state index in [2.05, 4.69) is 23.2 Å². The van der Waals surface area contributed by atoms with Crippen LogP contribution in [0.3, 0.4) is 0 Å². The van der Waals surface area contributed by atoms with E-state index in [1.54, 1.807) is 12.7 Å². The summed E-state index contributed by atoms with van der Waals surface area (Å²) in [4.78, 5) is 7.26. The summed E-state index contributed by atoms with van der Waals surface area (Å²) in [5.41, 5.74) is 1.60. The van der Waals surface area contributed by atoms with Gasteiger partial charge >= 0.3 is 0 Å². The number of nitrogens with zero attached hydrogens (tertiary/aromatic N) is 2. The molecule has 24 heavy (non-hydrogen) atoms. The van der Waals surface area contributed by atoms with Gasteiger partial charge in [0.15, 0.2) is 5.96 Å². The largest absolute Gasteiger partial charge is 0.382 e. The first-order chi connectivity index (χ1) is 11.8. The molecule has 0 aromatic carbocycles. The van der Waals surface area contributed by atoms with Crippen molar-refractivity contribution in [3.05, 3.63) is 11.6 Å². The van der Waals surface area contributed by atoms with Crippen molar-refractivity contribution in [1.82, 2.24) is 10.2 Å². The first-order valence-electron chi connectivity index (χ1n) is 9.61. The molecular weight excluding hydrogens is 302 g/mol. The second-order valence-electron chi connectivity index (χ2n) is 6.76. The maximum Gasteiger partial charge on any atom is 0.193 e. The van der Waals surface area contributed by atoms with Gasteiger partial charge in [0, 0.05) is 39.2 Å². The number of methoxy groups -OCH3 is 1. The van der Waals surface area contributed by atoms with Crippen molar-refractivity contribution in [3.63, 3.8) is 0 Å². The molecule has 1 aliphatic carbocycles. The van der Waals surface area contributed by atoms with E-state index >= 15 is 0 Å². The van der Waals surface area contributed by atoms with Crippen molar-refractivity contribution in [2.24, 2.45) is 10.9 Å². The number of rotatable bonds is 9. The maximum absolute atomic E-state index is 5.69. The Hall–Kier alpha value is -1.07. The summed E-state index contributed by atoms with van der Waals surface area (Å²) in [6, 6.07) is 0. The van der Waals surface area contributed by atoms with Crippen molar-refractivity contribution >= 4 is 5.96 Å².